The maximum absolute atomic E-state index is 13.4. The van der Waals surface area contributed by atoms with Crippen molar-refractivity contribution in [3.05, 3.63) is 40.8 Å². The number of aryl methyl sites for hydroxylation is 2. The van der Waals surface area contributed by atoms with Crippen molar-refractivity contribution in [2.75, 3.05) is 18.0 Å². The Morgan fingerprint density at radius 3 is 2.35 bits per heavy atom. The maximum atomic E-state index is 13.4. The van der Waals surface area contributed by atoms with Gasteiger partial charge >= 0.3 is 0 Å². The van der Waals surface area contributed by atoms with Crippen molar-refractivity contribution in [2.24, 2.45) is 11.8 Å². The Bertz CT molecular complexity index is 938. The summed E-state index contributed by atoms with van der Waals surface area (Å²) in [4.78, 5) is 14.2. The molecule has 1 aliphatic heterocycles. The summed E-state index contributed by atoms with van der Waals surface area (Å²) < 4.78 is 13.4. The van der Waals surface area contributed by atoms with Crippen LogP contribution in [0.5, 0.6) is 0 Å². The number of piperidine rings is 1. The van der Waals surface area contributed by atoms with E-state index in [9.17, 15) is 4.39 Å². The van der Waals surface area contributed by atoms with Crippen molar-refractivity contribution in [3.8, 4) is 11.1 Å². The van der Waals surface area contributed by atoms with E-state index in [0.29, 0.717) is 11.8 Å². The van der Waals surface area contributed by atoms with Gasteiger partial charge in [0.05, 0.1) is 5.39 Å². The lowest BCUT2D eigenvalue weighted by Gasteiger charge is -2.36. The number of hydrogen-bond acceptors (Lipinski definition) is 4. The first-order valence-electron chi connectivity index (χ1n) is 9.21. The Morgan fingerprint density at radius 2 is 1.69 bits per heavy atom. The van der Waals surface area contributed by atoms with Crippen molar-refractivity contribution in [3.63, 3.8) is 0 Å². The number of anilines is 1. The van der Waals surface area contributed by atoms with Gasteiger partial charge in [-0.3, -0.25) is 0 Å². The van der Waals surface area contributed by atoms with Crippen LogP contribution in [-0.4, -0.2) is 23.1 Å². The first kappa shape index (κ1) is 17.4. The Hall–Kier alpha value is -2.01. The predicted molar refractivity (Wildman–Crippen MR) is 107 cm³/mol. The molecule has 3 aromatic rings. The normalized spacial score (nSPS) is 20.7. The fourth-order valence-electron chi connectivity index (χ4n) is 4.23. The molecular weight excluding hydrogens is 345 g/mol. The Labute approximate surface area is 157 Å². The third-order valence-corrected chi connectivity index (χ3v) is 6.12. The molecule has 1 aromatic carbocycles. The summed E-state index contributed by atoms with van der Waals surface area (Å²) in [6, 6.07) is 6.76. The number of rotatable bonds is 2. The van der Waals surface area contributed by atoms with Crippen LogP contribution < -0.4 is 4.90 Å². The molecule has 0 saturated carbocycles. The third kappa shape index (κ3) is 3.09. The number of fused-ring (bicyclic) bond motifs is 1. The second-order valence-corrected chi connectivity index (χ2v) is 8.87. The van der Waals surface area contributed by atoms with E-state index in [1.807, 2.05) is 19.1 Å². The SMILES string of the molecule is Cc1nc(N2CC(C)CC(C)C2)c2c(-c3ccc(F)cc3)c(C)sc2n1. The molecule has 0 aliphatic carbocycles. The smallest absolute Gasteiger partial charge is 0.141 e. The van der Waals surface area contributed by atoms with E-state index < -0.39 is 0 Å². The van der Waals surface area contributed by atoms with E-state index in [1.54, 1.807) is 11.3 Å². The van der Waals surface area contributed by atoms with Gasteiger partial charge in [0.2, 0.25) is 0 Å². The molecule has 5 heteroatoms. The monoisotopic (exact) mass is 369 g/mol. The lowest BCUT2D eigenvalue weighted by molar-refractivity contribution is 0.355. The van der Waals surface area contributed by atoms with Gasteiger partial charge in [0, 0.05) is 23.5 Å². The van der Waals surface area contributed by atoms with E-state index in [-0.39, 0.29) is 5.82 Å². The second kappa shape index (κ2) is 6.62. The summed E-state index contributed by atoms with van der Waals surface area (Å²) in [6.45, 7) is 10.8. The molecule has 0 spiro atoms. The van der Waals surface area contributed by atoms with Crippen molar-refractivity contribution in [2.45, 2.75) is 34.1 Å². The van der Waals surface area contributed by atoms with Crippen LogP contribution in [-0.2, 0) is 0 Å². The van der Waals surface area contributed by atoms with E-state index in [0.717, 1.165) is 46.1 Å². The average Bonchev–Trinajstić information content (AvgIpc) is 2.89. The summed E-state index contributed by atoms with van der Waals surface area (Å²) in [5, 5.41) is 1.12. The molecule has 136 valence electrons. The number of halogens is 1. The fraction of sp³-hybridized carbons (Fsp3) is 0.429. The van der Waals surface area contributed by atoms with Crippen molar-refractivity contribution < 1.29 is 4.39 Å². The molecule has 3 nitrogen and oxygen atoms in total. The fourth-order valence-corrected chi connectivity index (χ4v) is 5.31. The van der Waals surface area contributed by atoms with Gasteiger partial charge in [-0.15, -0.1) is 11.3 Å². The predicted octanol–water partition coefficient (Wildman–Crippen LogP) is 5.60. The van der Waals surface area contributed by atoms with Crippen molar-refractivity contribution in [1.29, 1.82) is 0 Å². The lowest BCUT2D eigenvalue weighted by Crippen LogP contribution is -2.39. The first-order chi connectivity index (χ1) is 12.4. The van der Waals surface area contributed by atoms with E-state index in [1.165, 1.54) is 23.4 Å². The Balaban J connectivity index is 1.93. The van der Waals surface area contributed by atoms with Gasteiger partial charge in [-0.2, -0.15) is 0 Å². The largest absolute Gasteiger partial charge is 0.355 e. The van der Waals surface area contributed by atoms with E-state index in [4.69, 9.17) is 9.97 Å². The molecule has 26 heavy (non-hydrogen) atoms. The summed E-state index contributed by atoms with van der Waals surface area (Å²) >= 11 is 1.70. The van der Waals surface area contributed by atoms with E-state index >= 15 is 0 Å². The molecule has 0 N–H and O–H groups in total. The molecule has 3 heterocycles. The third-order valence-electron chi connectivity index (χ3n) is 5.12. The average molecular weight is 370 g/mol. The molecular formula is C21H24FN3S. The van der Waals surface area contributed by atoms with Crippen molar-refractivity contribution >= 4 is 27.4 Å². The molecule has 1 saturated heterocycles. The van der Waals surface area contributed by atoms with Gasteiger partial charge in [0.15, 0.2) is 0 Å². The molecule has 0 bridgehead atoms. The lowest BCUT2D eigenvalue weighted by atomic mass is 9.91. The minimum Gasteiger partial charge on any atom is -0.355 e. The molecule has 1 fully saturated rings. The number of aromatic nitrogens is 2. The zero-order valence-corrected chi connectivity index (χ0v) is 16.5. The van der Waals surface area contributed by atoms with Crippen LogP contribution in [0.3, 0.4) is 0 Å². The van der Waals surface area contributed by atoms with Gasteiger partial charge in [0.25, 0.3) is 0 Å². The Morgan fingerprint density at radius 1 is 1.04 bits per heavy atom. The number of hydrogen-bond donors (Lipinski definition) is 0. The van der Waals surface area contributed by atoms with Crippen LogP contribution in [0.4, 0.5) is 10.2 Å². The van der Waals surface area contributed by atoms with Crippen LogP contribution in [0.15, 0.2) is 24.3 Å². The first-order valence-corrected chi connectivity index (χ1v) is 10.0. The molecule has 1 aliphatic rings. The second-order valence-electron chi connectivity index (χ2n) is 7.67. The Kier molecular flexibility index (Phi) is 4.43. The highest BCUT2D eigenvalue weighted by Gasteiger charge is 2.27. The number of benzene rings is 1. The number of nitrogens with zero attached hydrogens (tertiary/aromatic N) is 3. The minimum atomic E-state index is -0.211. The molecule has 2 atom stereocenters. The van der Waals surface area contributed by atoms with Gasteiger partial charge in [0.1, 0.15) is 22.3 Å². The summed E-state index contributed by atoms with van der Waals surface area (Å²) in [7, 11) is 0. The highest BCUT2D eigenvalue weighted by Crippen LogP contribution is 2.42. The topological polar surface area (TPSA) is 29.0 Å². The summed E-state index contributed by atoms with van der Waals surface area (Å²) in [5.74, 6) is 2.94. The van der Waals surface area contributed by atoms with Gasteiger partial charge in [-0.25, -0.2) is 14.4 Å². The summed E-state index contributed by atoms with van der Waals surface area (Å²) in [6.07, 6.45) is 1.26. The zero-order valence-electron chi connectivity index (χ0n) is 15.7. The standard InChI is InChI=1S/C21H24FN3S/c1-12-9-13(2)11-25(10-12)20-19-18(16-5-7-17(22)8-6-16)14(3)26-21(19)24-15(4)23-20/h5-8,12-13H,9-11H2,1-4H3. The van der Waals surface area contributed by atoms with Gasteiger partial charge in [-0.05, 0) is 49.8 Å². The zero-order chi connectivity index (χ0) is 18.4. The molecule has 0 amide bonds. The van der Waals surface area contributed by atoms with Crippen LogP contribution in [0.25, 0.3) is 21.3 Å². The van der Waals surface area contributed by atoms with Crippen LogP contribution in [0, 0.1) is 31.5 Å². The maximum Gasteiger partial charge on any atom is 0.141 e. The molecule has 2 aromatic heterocycles. The molecule has 4 rings (SSSR count). The highest BCUT2D eigenvalue weighted by molar-refractivity contribution is 7.19. The van der Waals surface area contributed by atoms with Crippen molar-refractivity contribution in [1.82, 2.24) is 9.97 Å². The highest BCUT2D eigenvalue weighted by atomic mass is 32.1. The number of thiophene rings is 1. The quantitative estimate of drug-likeness (QED) is 0.589. The minimum absolute atomic E-state index is 0.211. The van der Waals surface area contributed by atoms with Crippen LogP contribution >= 0.6 is 11.3 Å². The van der Waals surface area contributed by atoms with Crippen LogP contribution in [0.2, 0.25) is 0 Å². The van der Waals surface area contributed by atoms with E-state index in [2.05, 4.69) is 25.7 Å². The van der Waals surface area contributed by atoms with Gasteiger partial charge in [-0.1, -0.05) is 26.0 Å². The summed E-state index contributed by atoms with van der Waals surface area (Å²) in [5.41, 5.74) is 2.17. The van der Waals surface area contributed by atoms with Gasteiger partial charge < -0.3 is 4.90 Å². The van der Waals surface area contributed by atoms with Crippen LogP contribution in [0.1, 0.15) is 31.0 Å². The molecule has 0 radical (unpaired) electrons. The molecule has 2 unspecified atom stereocenters.